The Hall–Kier alpha value is -0.540. The lowest BCUT2D eigenvalue weighted by Gasteiger charge is -2.18. The van der Waals surface area contributed by atoms with Crippen LogP contribution in [0.15, 0.2) is 22.7 Å². The first-order chi connectivity index (χ1) is 6.56. The van der Waals surface area contributed by atoms with Gasteiger partial charge in [0.15, 0.2) is 0 Å². The third-order valence-corrected chi connectivity index (χ3v) is 3.00. The minimum atomic E-state index is 0.0412. The van der Waals surface area contributed by atoms with Gasteiger partial charge < -0.3 is 10.5 Å². The zero-order chi connectivity index (χ0) is 10.7. The monoisotopic (exact) mass is 257 g/mol. The summed E-state index contributed by atoms with van der Waals surface area (Å²) in [5, 5.41) is 0. The number of halogens is 1. The van der Waals surface area contributed by atoms with Crippen LogP contribution in [0.1, 0.15) is 25.5 Å². The van der Waals surface area contributed by atoms with E-state index in [2.05, 4.69) is 29.8 Å². The van der Waals surface area contributed by atoms with Gasteiger partial charge in [-0.2, -0.15) is 0 Å². The lowest BCUT2D eigenvalue weighted by molar-refractivity contribution is 0.412. The van der Waals surface area contributed by atoms with Crippen molar-refractivity contribution >= 4 is 15.9 Å². The van der Waals surface area contributed by atoms with Crippen LogP contribution in [0, 0.1) is 5.92 Å². The van der Waals surface area contributed by atoms with Crippen molar-refractivity contribution in [1.82, 2.24) is 0 Å². The lowest BCUT2D eigenvalue weighted by atomic mass is 9.97. The fraction of sp³-hybridized carbons (Fsp3) is 0.455. The zero-order valence-corrected chi connectivity index (χ0v) is 10.3. The minimum Gasteiger partial charge on any atom is -0.497 e. The van der Waals surface area contributed by atoms with Crippen molar-refractivity contribution in [2.45, 2.75) is 19.9 Å². The third-order valence-electron chi connectivity index (χ3n) is 2.28. The van der Waals surface area contributed by atoms with Crippen LogP contribution in [0.4, 0.5) is 0 Å². The van der Waals surface area contributed by atoms with Crippen LogP contribution < -0.4 is 10.5 Å². The van der Waals surface area contributed by atoms with Gasteiger partial charge in [0.1, 0.15) is 5.75 Å². The number of methoxy groups -OCH3 is 1. The number of nitrogens with two attached hydrogens (primary N) is 1. The Morgan fingerprint density at radius 1 is 1.36 bits per heavy atom. The molecule has 2 N–H and O–H groups in total. The van der Waals surface area contributed by atoms with Gasteiger partial charge in [-0.3, -0.25) is 0 Å². The molecule has 0 fully saturated rings. The van der Waals surface area contributed by atoms with Crippen LogP contribution in [0.3, 0.4) is 0 Å². The highest BCUT2D eigenvalue weighted by molar-refractivity contribution is 9.10. The molecule has 1 atom stereocenters. The Bertz CT molecular complexity index is 312. The SMILES string of the molecule is COc1ccc(Br)c([C@@H](N)C(C)C)c1. The molecule has 0 unspecified atom stereocenters. The maximum absolute atomic E-state index is 6.08. The van der Waals surface area contributed by atoms with Crippen molar-refractivity contribution in [3.8, 4) is 5.75 Å². The summed E-state index contributed by atoms with van der Waals surface area (Å²) in [7, 11) is 1.66. The van der Waals surface area contributed by atoms with Gasteiger partial charge in [-0.25, -0.2) is 0 Å². The fourth-order valence-corrected chi connectivity index (χ4v) is 1.77. The van der Waals surface area contributed by atoms with E-state index in [1.807, 2.05) is 18.2 Å². The second-order valence-corrected chi connectivity index (χ2v) is 4.51. The Labute approximate surface area is 93.6 Å². The van der Waals surface area contributed by atoms with E-state index in [4.69, 9.17) is 10.5 Å². The molecule has 2 nitrogen and oxygen atoms in total. The third kappa shape index (κ3) is 2.49. The van der Waals surface area contributed by atoms with Crippen molar-refractivity contribution in [2.24, 2.45) is 11.7 Å². The summed E-state index contributed by atoms with van der Waals surface area (Å²) in [4.78, 5) is 0. The summed E-state index contributed by atoms with van der Waals surface area (Å²) in [5.74, 6) is 1.26. The fourth-order valence-electron chi connectivity index (χ4n) is 1.26. The van der Waals surface area contributed by atoms with Crippen LogP contribution >= 0.6 is 15.9 Å². The van der Waals surface area contributed by atoms with Crippen LogP contribution in [0.5, 0.6) is 5.75 Å². The molecule has 0 aliphatic rings. The number of hydrogen-bond acceptors (Lipinski definition) is 2. The highest BCUT2D eigenvalue weighted by Gasteiger charge is 2.14. The van der Waals surface area contributed by atoms with E-state index in [1.165, 1.54) is 0 Å². The smallest absolute Gasteiger partial charge is 0.119 e. The highest BCUT2D eigenvalue weighted by atomic mass is 79.9. The number of ether oxygens (including phenoxy) is 1. The largest absolute Gasteiger partial charge is 0.497 e. The average Bonchev–Trinajstić information content (AvgIpc) is 2.17. The molecular weight excluding hydrogens is 242 g/mol. The lowest BCUT2D eigenvalue weighted by Crippen LogP contribution is -2.17. The van der Waals surface area contributed by atoms with E-state index >= 15 is 0 Å². The summed E-state index contributed by atoms with van der Waals surface area (Å²) < 4.78 is 6.20. The normalized spacial score (nSPS) is 13.0. The van der Waals surface area contributed by atoms with E-state index in [1.54, 1.807) is 7.11 Å². The second kappa shape index (κ2) is 4.80. The molecule has 1 aromatic carbocycles. The Balaban J connectivity index is 3.05. The molecule has 0 aromatic heterocycles. The first-order valence-electron chi connectivity index (χ1n) is 4.65. The first kappa shape index (κ1) is 11.5. The molecule has 0 radical (unpaired) electrons. The molecule has 0 aliphatic heterocycles. The Kier molecular flexibility index (Phi) is 3.96. The number of hydrogen-bond donors (Lipinski definition) is 1. The molecule has 1 aromatic rings. The number of rotatable bonds is 3. The van der Waals surface area contributed by atoms with Crippen molar-refractivity contribution in [2.75, 3.05) is 7.11 Å². The van der Waals surface area contributed by atoms with Gasteiger partial charge in [-0.1, -0.05) is 29.8 Å². The molecule has 78 valence electrons. The predicted molar refractivity (Wildman–Crippen MR) is 62.5 cm³/mol. The van der Waals surface area contributed by atoms with Crippen molar-refractivity contribution in [3.05, 3.63) is 28.2 Å². The molecule has 3 heteroatoms. The standard InChI is InChI=1S/C11H16BrNO/c1-7(2)11(13)9-6-8(14-3)4-5-10(9)12/h4-7,11H,13H2,1-3H3/t11-/m0/s1. The molecule has 1 rings (SSSR count). The van der Waals surface area contributed by atoms with Crippen molar-refractivity contribution < 1.29 is 4.74 Å². The summed E-state index contributed by atoms with van der Waals surface area (Å²) in [6.45, 7) is 4.22. The molecule has 0 amide bonds. The van der Waals surface area contributed by atoms with Crippen LogP contribution in [-0.2, 0) is 0 Å². The van der Waals surface area contributed by atoms with E-state index in [0.29, 0.717) is 5.92 Å². The van der Waals surface area contributed by atoms with E-state index < -0.39 is 0 Å². The van der Waals surface area contributed by atoms with E-state index in [0.717, 1.165) is 15.8 Å². The molecule has 0 aliphatic carbocycles. The molecule has 0 spiro atoms. The summed E-state index contributed by atoms with van der Waals surface area (Å²) in [6, 6.07) is 5.91. The molecule has 0 saturated carbocycles. The Morgan fingerprint density at radius 3 is 2.50 bits per heavy atom. The molecule has 0 bridgehead atoms. The topological polar surface area (TPSA) is 35.2 Å². The summed E-state index contributed by atoms with van der Waals surface area (Å²) in [6.07, 6.45) is 0. The van der Waals surface area contributed by atoms with Crippen LogP contribution in [-0.4, -0.2) is 7.11 Å². The predicted octanol–water partition coefficient (Wildman–Crippen LogP) is 3.11. The van der Waals surface area contributed by atoms with Crippen molar-refractivity contribution in [3.63, 3.8) is 0 Å². The Morgan fingerprint density at radius 2 is 2.00 bits per heavy atom. The molecular formula is C11H16BrNO. The van der Waals surface area contributed by atoms with Gasteiger partial charge in [0.25, 0.3) is 0 Å². The van der Waals surface area contributed by atoms with E-state index in [-0.39, 0.29) is 6.04 Å². The maximum atomic E-state index is 6.08. The molecule has 0 saturated heterocycles. The maximum Gasteiger partial charge on any atom is 0.119 e. The minimum absolute atomic E-state index is 0.0412. The van der Waals surface area contributed by atoms with Gasteiger partial charge in [0, 0.05) is 10.5 Å². The highest BCUT2D eigenvalue weighted by Crippen LogP contribution is 2.29. The van der Waals surface area contributed by atoms with Gasteiger partial charge >= 0.3 is 0 Å². The van der Waals surface area contributed by atoms with E-state index in [9.17, 15) is 0 Å². The van der Waals surface area contributed by atoms with Gasteiger partial charge in [-0.15, -0.1) is 0 Å². The summed E-state index contributed by atoms with van der Waals surface area (Å²) in [5.41, 5.74) is 7.17. The molecule has 14 heavy (non-hydrogen) atoms. The summed E-state index contributed by atoms with van der Waals surface area (Å²) >= 11 is 3.49. The van der Waals surface area contributed by atoms with Crippen LogP contribution in [0.2, 0.25) is 0 Å². The first-order valence-corrected chi connectivity index (χ1v) is 5.44. The van der Waals surface area contributed by atoms with Crippen LogP contribution in [0.25, 0.3) is 0 Å². The van der Waals surface area contributed by atoms with Gasteiger partial charge in [0.2, 0.25) is 0 Å². The average molecular weight is 258 g/mol. The van der Waals surface area contributed by atoms with Gasteiger partial charge in [0.05, 0.1) is 7.11 Å². The second-order valence-electron chi connectivity index (χ2n) is 3.66. The number of benzene rings is 1. The zero-order valence-electron chi connectivity index (χ0n) is 8.75. The quantitative estimate of drug-likeness (QED) is 0.904. The molecule has 0 heterocycles. The van der Waals surface area contributed by atoms with Crippen molar-refractivity contribution in [1.29, 1.82) is 0 Å². The van der Waals surface area contributed by atoms with Gasteiger partial charge in [-0.05, 0) is 29.7 Å².